The van der Waals surface area contributed by atoms with E-state index in [2.05, 4.69) is 32.5 Å². The van der Waals surface area contributed by atoms with Crippen LogP contribution in [0.25, 0.3) is 0 Å². The summed E-state index contributed by atoms with van der Waals surface area (Å²) in [5.41, 5.74) is 3.94. The second kappa shape index (κ2) is 7.07. The molecule has 0 N–H and O–H groups in total. The number of hydrogen-bond acceptors (Lipinski definition) is 7. The van der Waals surface area contributed by atoms with E-state index in [1.807, 2.05) is 54.7 Å². The van der Waals surface area contributed by atoms with E-state index < -0.39 is 0 Å². The zero-order valence-electron chi connectivity index (χ0n) is 15.7. The molecule has 4 aromatic rings. The van der Waals surface area contributed by atoms with Crippen LogP contribution < -0.4 is 0 Å². The maximum Gasteiger partial charge on any atom is 0.141 e. The summed E-state index contributed by atoms with van der Waals surface area (Å²) < 4.78 is 9.03. The molecule has 0 aliphatic heterocycles. The fraction of sp³-hybridized carbons (Fsp3) is 0.389. The zero-order valence-corrected chi connectivity index (χ0v) is 16.6. The molecule has 0 fully saturated rings. The number of hydrogen-bond donors (Lipinski definition) is 0. The number of nitrogens with zero attached hydrogens (tertiary/aromatic N) is 7. The molecule has 0 aliphatic rings. The van der Waals surface area contributed by atoms with Crippen LogP contribution in [0.3, 0.4) is 0 Å². The van der Waals surface area contributed by atoms with Crippen molar-refractivity contribution in [3.63, 3.8) is 0 Å². The molecule has 0 bridgehead atoms. The van der Waals surface area contributed by atoms with Crippen molar-refractivity contribution in [3.8, 4) is 0 Å². The van der Waals surface area contributed by atoms with Gasteiger partial charge in [-0.15, -0.1) is 10.2 Å². The average molecular weight is 383 g/mol. The van der Waals surface area contributed by atoms with E-state index in [4.69, 9.17) is 4.52 Å². The Labute approximate surface area is 160 Å². The fourth-order valence-electron chi connectivity index (χ4n) is 2.90. The Balaban J connectivity index is 1.44. The van der Waals surface area contributed by atoms with Gasteiger partial charge in [0.2, 0.25) is 0 Å². The van der Waals surface area contributed by atoms with Gasteiger partial charge >= 0.3 is 0 Å². The third-order valence-electron chi connectivity index (χ3n) is 4.51. The van der Waals surface area contributed by atoms with Gasteiger partial charge in [0.1, 0.15) is 21.8 Å². The highest BCUT2D eigenvalue weighted by molar-refractivity contribution is 7.11. The van der Waals surface area contributed by atoms with E-state index >= 15 is 0 Å². The van der Waals surface area contributed by atoms with Crippen LogP contribution in [-0.2, 0) is 13.0 Å². The third kappa shape index (κ3) is 3.68. The summed E-state index contributed by atoms with van der Waals surface area (Å²) >= 11 is 1.60. The number of aromatic nitrogens is 7. The first-order valence-corrected chi connectivity index (χ1v) is 9.59. The molecule has 0 aromatic carbocycles. The first-order chi connectivity index (χ1) is 13.0. The lowest BCUT2D eigenvalue weighted by Crippen LogP contribution is -2.07. The Kier molecular flexibility index (Phi) is 4.61. The molecular formula is C18H21N7OS. The van der Waals surface area contributed by atoms with E-state index in [1.165, 1.54) is 0 Å². The topological polar surface area (TPSA) is 87.5 Å². The summed E-state index contributed by atoms with van der Waals surface area (Å²) in [5, 5.41) is 23.7. The number of aryl methyl sites for hydroxylation is 3. The second-order valence-electron chi connectivity index (χ2n) is 6.63. The van der Waals surface area contributed by atoms with Crippen molar-refractivity contribution in [2.24, 2.45) is 0 Å². The van der Waals surface area contributed by atoms with Gasteiger partial charge in [0.25, 0.3) is 0 Å². The van der Waals surface area contributed by atoms with Gasteiger partial charge in [-0.2, -0.15) is 10.2 Å². The molecular weight excluding hydrogens is 362 g/mol. The molecule has 0 radical (unpaired) electrons. The fourth-order valence-corrected chi connectivity index (χ4v) is 3.80. The van der Waals surface area contributed by atoms with Crippen molar-refractivity contribution in [1.82, 2.24) is 34.9 Å². The van der Waals surface area contributed by atoms with E-state index in [0.29, 0.717) is 13.0 Å². The third-order valence-corrected chi connectivity index (χ3v) is 5.60. The SMILES string of the molecule is Cc1ccn(C(C)c2nnc(Cc3ccn(Cc4c(C)noc4C)n3)s2)n1. The minimum Gasteiger partial charge on any atom is -0.361 e. The Hall–Kier alpha value is -2.81. The van der Waals surface area contributed by atoms with Crippen LogP contribution in [-0.4, -0.2) is 34.9 Å². The van der Waals surface area contributed by atoms with Crippen molar-refractivity contribution in [2.45, 2.75) is 46.7 Å². The van der Waals surface area contributed by atoms with Crippen molar-refractivity contribution in [3.05, 3.63) is 62.9 Å². The predicted molar refractivity (Wildman–Crippen MR) is 101 cm³/mol. The normalized spacial score (nSPS) is 12.6. The van der Waals surface area contributed by atoms with Gasteiger partial charge in [0, 0.05) is 24.4 Å². The van der Waals surface area contributed by atoms with Gasteiger partial charge in [-0.3, -0.25) is 9.36 Å². The van der Waals surface area contributed by atoms with Gasteiger partial charge in [0.15, 0.2) is 0 Å². The zero-order chi connectivity index (χ0) is 19.0. The lowest BCUT2D eigenvalue weighted by Gasteiger charge is -2.07. The highest BCUT2D eigenvalue weighted by Crippen LogP contribution is 2.23. The maximum atomic E-state index is 5.22. The molecule has 8 nitrogen and oxygen atoms in total. The highest BCUT2D eigenvalue weighted by Gasteiger charge is 2.16. The standard InChI is InChI=1S/C18H21N7OS/c1-11-5-8-25(21-11)13(3)18-20-19-17(27-18)9-15-6-7-24(22-15)10-16-12(2)23-26-14(16)4/h5-8,13H,9-10H2,1-4H3. The molecule has 4 aromatic heterocycles. The van der Waals surface area contributed by atoms with Crippen molar-refractivity contribution >= 4 is 11.3 Å². The van der Waals surface area contributed by atoms with Gasteiger partial charge in [-0.05, 0) is 39.8 Å². The van der Waals surface area contributed by atoms with Crippen LogP contribution in [0.4, 0.5) is 0 Å². The molecule has 4 rings (SSSR count). The summed E-state index contributed by atoms with van der Waals surface area (Å²) in [6, 6.07) is 4.07. The van der Waals surface area contributed by atoms with Crippen molar-refractivity contribution < 1.29 is 4.52 Å². The summed E-state index contributed by atoms with van der Waals surface area (Å²) in [6.07, 6.45) is 4.60. The number of rotatable bonds is 6. The summed E-state index contributed by atoms with van der Waals surface area (Å²) in [6.45, 7) is 8.58. The largest absolute Gasteiger partial charge is 0.361 e. The quantitative estimate of drug-likeness (QED) is 0.508. The minimum atomic E-state index is 0.0713. The lowest BCUT2D eigenvalue weighted by molar-refractivity contribution is 0.391. The first-order valence-electron chi connectivity index (χ1n) is 8.77. The van der Waals surface area contributed by atoms with Crippen LogP contribution in [0.15, 0.2) is 29.0 Å². The van der Waals surface area contributed by atoms with E-state index in [-0.39, 0.29) is 6.04 Å². The molecule has 140 valence electrons. The lowest BCUT2D eigenvalue weighted by atomic mass is 10.2. The van der Waals surface area contributed by atoms with E-state index in [9.17, 15) is 0 Å². The maximum absolute atomic E-state index is 5.22. The molecule has 0 amide bonds. The molecule has 1 atom stereocenters. The molecule has 27 heavy (non-hydrogen) atoms. The molecule has 4 heterocycles. The van der Waals surface area contributed by atoms with E-state index in [0.717, 1.165) is 38.4 Å². The Morgan fingerprint density at radius 3 is 2.67 bits per heavy atom. The van der Waals surface area contributed by atoms with Crippen LogP contribution in [0.5, 0.6) is 0 Å². The molecule has 1 unspecified atom stereocenters. The van der Waals surface area contributed by atoms with Crippen LogP contribution in [0, 0.1) is 20.8 Å². The summed E-state index contributed by atoms with van der Waals surface area (Å²) in [4.78, 5) is 0. The van der Waals surface area contributed by atoms with Crippen LogP contribution in [0.2, 0.25) is 0 Å². The molecule has 9 heteroatoms. The van der Waals surface area contributed by atoms with Crippen molar-refractivity contribution in [1.29, 1.82) is 0 Å². The molecule has 0 aliphatic carbocycles. The Morgan fingerprint density at radius 2 is 1.96 bits per heavy atom. The summed E-state index contributed by atoms with van der Waals surface area (Å²) in [7, 11) is 0. The van der Waals surface area contributed by atoms with E-state index in [1.54, 1.807) is 11.3 Å². The monoisotopic (exact) mass is 383 g/mol. The van der Waals surface area contributed by atoms with Crippen LogP contribution >= 0.6 is 11.3 Å². The summed E-state index contributed by atoms with van der Waals surface area (Å²) in [5.74, 6) is 0.834. The highest BCUT2D eigenvalue weighted by atomic mass is 32.1. The molecule has 0 saturated carbocycles. The smallest absolute Gasteiger partial charge is 0.141 e. The van der Waals surface area contributed by atoms with Crippen molar-refractivity contribution in [2.75, 3.05) is 0 Å². The van der Waals surface area contributed by atoms with Gasteiger partial charge in [-0.1, -0.05) is 16.5 Å². The van der Waals surface area contributed by atoms with Crippen LogP contribution in [0.1, 0.15) is 51.4 Å². The molecule has 0 saturated heterocycles. The minimum absolute atomic E-state index is 0.0713. The second-order valence-corrected chi connectivity index (χ2v) is 7.72. The average Bonchev–Trinajstić information content (AvgIpc) is 3.42. The van der Waals surface area contributed by atoms with Gasteiger partial charge in [-0.25, -0.2) is 0 Å². The van der Waals surface area contributed by atoms with Gasteiger partial charge in [0.05, 0.1) is 23.6 Å². The Bertz CT molecular complexity index is 1040. The molecule has 0 spiro atoms. The van der Waals surface area contributed by atoms with Gasteiger partial charge < -0.3 is 4.52 Å². The first kappa shape index (κ1) is 17.6. The predicted octanol–water partition coefficient (Wildman–Crippen LogP) is 3.09. The Morgan fingerprint density at radius 1 is 1.11 bits per heavy atom.